The van der Waals surface area contributed by atoms with Crippen molar-refractivity contribution in [1.29, 1.82) is 0 Å². The fraction of sp³-hybridized carbons (Fsp3) is 0.0189. The number of aromatic nitrogens is 1. The van der Waals surface area contributed by atoms with Gasteiger partial charge in [0.1, 0.15) is 0 Å². The first kappa shape index (κ1) is 30.3. The van der Waals surface area contributed by atoms with E-state index in [9.17, 15) is 0 Å². The van der Waals surface area contributed by atoms with Crippen LogP contribution in [0.1, 0.15) is 22.3 Å². The van der Waals surface area contributed by atoms with Gasteiger partial charge < -0.3 is 9.47 Å². The molecule has 1 spiro atoms. The molecular formula is C53H34N2. The average molecular weight is 699 g/mol. The topological polar surface area (TPSA) is 8.17 Å². The van der Waals surface area contributed by atoms with E-state index in [-0.39, 0.29) is 5.41 Å². The average Bonchev–Trinajstić information content (AvgIpc) is 3.85. The number of rotatable bonds is 4. The highest BCUT2D eigenvalue weighted by Crippen LogP contribution is 2.63. The zero-order valence-corrected chi connectivity index (χ0v) is 30.0. The molecule has 0 aliphatic heterocycles. The Hall–Kier alpha value is -7.16. The zero-order chi connectivity index (χ0) is 36.1. The highest BCUT2D eigenvalue weighted by Gasteiger charge is 2.51. The van der Waals surface area contributed by atoms with Gasteiger partial charge in [-0.3, -0.25) is 0 Å². The Balaban J connectivity index is 1.08. The van der Waals surface area contributed by atoms with Gasteiger partial charge >= 0.3 is 0 Å². The van der Waals surface area contributed by atoms with Gasteiger partial charge in [-0.15, -0.1) is 0 Å². The van der Waals surface area contributed by atoms with E-state index in [2.05, 4.69) is 216 Å². The van der Waals surface area contributed by atoms with Gasteiger partial charge in [0.2, 0.25) is 0 Å². The van der Waals surface area contributed by atoms with Crippen LogP contribution in [0.4, 0.5) is 17.1 Å². The summed E-state index contributed by atoms with van der Waals surface area (Å²) >= 11 is 0. The maximum atomic E-state index is 2.48. The van der Waals surface area contributed by atoms with E-state index in [1.807, 2.05) is 0 Å². The fourth-order valence-corrected chi connectivity index (χ4v) is 9.94. The molecule has 0 N–H and O–H groups in total. The minimum Gasteiger partial charge on any atom is -0.310 e. The monoisotopic (exact) mass is 698 g/mol. The molecule has 0 bridgehead atoms. The number of benzene rings is 9. The van der Waals surface area contributed by atoms with E-state index >= 15 is 0 Å². The Kier molecular flexibility index (Phi) is 6.29. The molecule has 55 heavy (non-hydrogen) atoms. The lowest BCUT2D eigenvalue weighted by atomic mass is 9.70. The van der Waals surface area contributed by atoms with Crippen LogP contribution in [0.15, 0.2) is 206 Å². The molecule has 1 aromatic heterocycles. The van der Waals surface area contributed by atoms with Crippen molar-refractivity contribution in [2.45, 2.75) is 5.41 Å². The zero-order valence-electron chi connectivity index (χ0n) is 30.0. The van der Waals surface area contributed by atoms with Crippen molar-refractivity contribution >= 4 is 49.6 Å². The number of fused-ring (bicyclic) bond motifs is 14. The van der Waals surface area contributed by atoms with Crippen LogP contribution in [0.2, 0.25) is 0 Å². The minimum absolute atomic E-state index is 0.353. The third-order valence-corrected chi connectivity index (χ3v) is 12.1. The second kappa shape index (κ2) is 11.4. The van der Waals surface area contributed by atoms with Crippen LogP contribution >= 0.6 is 0 Å². The maximum absolute atomic E-state index is 2.48. The molecule has 256 valence electrons. The van der Waals surface area contributed by atoms with Gasteiger partial charge in [-0.2, -0.15) is 0 Å². The van der Waals surface area contributed by atoms with E-state index in [1.54, 1.807) is 0 Å². The molecule has 10 aromatic rings. The molecule has 0 amide bonds. The summed E-state index contributed by atoms with van der Waals surface area (Å²) in [4.78, 5) is 2.40. The standard InChI is InChI=1S/C53H34N2/c1-3-15-37(16-4-1)54(40-29-30-45-44-22-10-14-26-51(44)55(52(45)34-40)38-17-5-2-6-18-38)39-28-27-35-33-50-46(32-36(35)31-39)43-21-9-13-25-49(43)53(50)47-23-11-7-19-41(47)42-20-8-12-24-48(42)53/h1-34H. The van der Waals surface area contributed by atoms with Crippen molar-refractivity contribution in [2.75, 3.05) is 4.90 Å². The maximum Gasteiger partial charge on any atom is 0.0725 e. The lowest BCUT2D eigenvalue weighted by molar-refractivity contribution is 0.795. The third kappa shape index (κ3) is 4.14. The third-order valence-electron chi connectivity index (χ3n) is 12.1. The highest BCUT2D eigenvalue weighted by molar-refractivity contribution is 6.10. The lowest BCUT2D eigenvalue weighted by Gasteiger charge is -2.30. The van der Waals surface area contributed by atoms with Crippen molar-refractivity contribution in [3.05, 3.63) is 229 Å². The Bertz CT molecular complexity index is 3110. The molecule has 0 saturated heterocycles. The van der Waals surface area contributed by atoms with Crippen molar-refractivity contribution in [2.24, 2.45) is 0 Å². The predicted molar refractivity (Wildman–Crippen MR) is 229 cm³/mol. The fourth-order valence-electron chi connectivity index (χ4n) is 9.94. The lowest BCUT2D eigenvalue weighted by Crippen LogP contribution is -2.25. The minimum atomic E-state index is -0.353. The molecule has 12 rings (SSSR count). The predicted octanol–water partition coefficient (Wildman–Crippen LogP) is 13.8. The summed E-state index contributed by atoms with van der Waals surface area (Å²) < 4.78 is 2.40. The Morgan fingerprint density at radius 3 is 1.58 bits per heavy atom. The summed E-state index contributed by atoms with van der Waals surface area (Å²) in [6.45, 7) is 0. The van der Waals surface area contributed by atoms with Crippen LogP contribution in [-0.2, 0) is 5.41 Å². The van der Waals surface area contributed by atoms with Crippen LogP contribution in [0, 0.1) is 0 Å². The largest absolute Gasteiger partial charge is 0.310 e. The van der Waals surface area contributed by atoms with E-state index in [0.717, 1.165) is 22.7 Å². The smallest absolute Gasteiger partial charge is 0.0725 e. The summed E-state index contributed by atoms with van der Waals surface area (Å²) in [5, 5.41) is 4.96. The van der Waals surface area contributed by atoms with E-state index in [0.29, 0.717) is 0 Å². The number of nitrogens with zero attached hydrogens (tertiary/aromatic N) is 2. The van der Waals surface area contributed by atoms with Gasteiger partial charge in [-0.05, 0) is 122 Å². The molecule has 1 heterocycles. The van der Waals surface area contributed by atoms with Crippen LogP contribution in [0.3, 0.4) is 0 Å². The van der Waals surface area contributed by atoms with Crippen molar-refractivity contribution in [1.82, 2.24) is 4.57 Å². The molecule has 0 unspecified atom stereocenters. The highest BCUT2D eigenvalue weighted by atomic mass is 15.1. The molecule has 0 radical (unpaired) electrons. The molecule has 0 atom stereocenters. The van der Waals surface area contributed by atoms with Crippen LogP contribution < -0.4 is 4.90 Å². The molecular weight excluding hydrogens is 665 g/mol. The first-order valence-corrected chi connectivity index (χ1v) is 19.1. The van der Waals surface area contributed by atoms with E-state index < -0.39 is 0 Å². The summed E-state index contributed by atoms with van der Waals surface area (Å²) in [6.07, 6.45) is 0. The van der Waals surface area contributed by atoms with Gasteiger partial charge in [-0.1, -0.05) is 140 Å². The molecule has 2 aliphatic carbocycles. The molecule has 0 fully saturated rings. The van der Waals surface area contributed by atoms with Crippen molar-refractivity contribution in [3.63, 3.8) is 0 Å². The second-order valence-electron chi connectivity index (χ2n) is 14.9. The van der Waals surface area contributed by atoms with Gasteiger partial charge in [0.25, 0.3) is 0 Å². The second-order valence-corrected chi connectivity index (χ2v) is 14.9. The summed E-state index contributed by atoms with van der Waals surface area (Å²) in [5.41, 5.74) is 17.3. The van der Waals surface area contributed by atoms with Crippen molar-refractivity contribution in [3.8, 4) is 27.9 Å². The number of para-hydroxylation sites is 3. The summed E-state index contributed by atoms with van der Waals surface area (Å²) in [7, 11) is 0. The van der Waals surface area contributed by atoms with Crippen LogP contribution in [-0.4, -0.2) is 4.57 Å². The van der Waals surface area contributed by atoms with E-state index in [1.165, 1.54) is 77.1 Å². The Labute approximate surface area is 319 Å². The van der Waals surface area contributed by atoms with Crippen molar-refractivity contribution < 1.29 is 0 Å². The molecule has 9 aromatic carbocycles. The van der Waals surface area contributed by atoms with Gasteiger partial charge in [0, 0.05) is 33.5 Å². The normalized spacial score (nSPS) is 13.2. The SMILES string of the molecule is c1ccc(N(c2ccc3cc4c(cc3c2)-c2ccccc2C42c3ccccc3-c3ccccc32)c2ccc3c4ccccc4n(-c4ccccc4)c3c2)cc1. The van der Waals surface area contributed by atoms with Gasteiger partial charge in [0.15, 0.2) is 0 Å². The number of hydrogen-bond donors (Lipinski definition) is 0. The quantitative estimate of drug-likeness (QED) is 0.178. The first-order valence-electron chi connectivity index (χ1n) is 19.1. The first-order chi connectivity index (χ1) is 27.3. The Morgan fingerprint density at radius 2 is 0.873 bits per heavy atom. The Morgan fingerprint density at radius 1 is 0.327 bits per heavy atom. The molecule has 0 saturated carbocycles. The number of hydrogen-bond acceptors (Lipinski definition) is 1. The van der Waals surface area contributed by atoms with Crippen LogP contribution in [0.5, 0.6) is 0 Å². The van der Waals surface area contributed by atoms with Gasteiger partial charge in [-0.25, -0.2) is 0 Å². The molecule has 2 aliphatic rings. The molecule has 2 nitrogen and oxygen atoms in total. The van der Waals surface area contributed by atoms with Gasteiger partial charge in [0.05, 0.1) is 16.4 Å². The molecule has 2 heteroatoms. The summed E-state index contributed by atoms with van der Waals surface area (Å²) in [6, 6.07) is 76.2. The summed E-state index contributed by atoms with van der Waals surface area (Å²) in [5.74, 6) is 0. The van der Waals surface area contributed by atoms with Crippen LogP contribution in [0.25, 0.3) is 60.5 Å². The number of anilines is 3. The van der Waals surface area contributed by atoms with E-state index in [4.69, 9.17) is 0 Å².